The summed E-state index contributed by atoms with van der Waals surface area (Å²) in [6, 6.07) is 8.33. The van der Waals surface area contributed by atoms with Crippen molar-refractivity contribution in [1.29, 1.82) is 0 Å². The Kier molecular flexibility index (Phi) is 4.33. The van der Waals surface area contributed by atoms with Gasteiger partial charge in [0.25, 0.3) is 0 Å². The van der Waals surface area contributed by atoms with Crippen LogP contribution in [0.5, 0.6) is 0 Å². The van der Waals surface area contributed by atoms with Crippen molar-refractivity contribution >= 4 is 5.78 Å². The zero-order chi connectivity index (χ0) is 10.4. The maximum atomic E-state index is 11.0. The fraction of sp³-hybridized carbons (Fsp3) is 0.417. The summed E-state index contributed by atoms with van der Waals surface area (Å²) in [6.07, 6.45) is 0.612. The van der Waals surface area contributed by atoms with Crippen LogP contribution < -0.4 is 5.32 Å². The van der Waals surface area contributed by atoms with Gasteiger partial charge in [0.2, 0.25) is 0 Å². The van der Waals surface area contributed by atoms with Crippen LogP contribution in [0, 0.1) is 6.92 Å². The van der Waals surface area contributed by atoms with E-state index >= 15 is 0 Å². The third kappa shape index (κ3) is 3.71. The smallest absolute Gasteiger partial charge is 0.146 e. The molecule has 2 nitrogen and oxygen atoms in total. The summed E-state index contributed by atoms with van der Waals surface area (Å²) in [7, 11) is 0. The van der Waals surface area contributed by atoms with Gasteiger partial charge in [-0.2, -0.15) is 0 Å². The lowest BCUT2D eigenvalue weighted by molar-refractivity contribution is -0.117. The van der Waals surface area contributed by atoms with E-state index in [1.165, 1.54) is 11.1 Å². The van der Waals surface area contributed by atoms with Gasteiger partial charge in [-0.1, -0.05) is 36.8 Å². The van der Waals surface area contributed by atoms with Crippen molar-refractivity contribution in [3.05, 3.63) is 35.4 Å². The summed E-state index contributed by atoms with van der Waals surface area (Å²) >= 11 is 0. The van der Waals surface area contributed by atoms with E-state index in [9.17, 15) is 4.79 Å². The fourth-order valence-corrected chi connectivity index (χ4v) is 1.18. The number of carbonyl (C=O) groups is 1. The van der Waals surface area contributed by atoms with Gasteiger partial charge in [0.05, 0.1) is 6.54 Å². The van der Waals surface area contributed by atoms with Gasteiger partial charge >= 0.3 is 0 Å². The van der Waals surface area contributed by atoms with Crippen molar-refractivity contribution in [1.82, 2.24) is 5.32 Å². The molecule has 0 bridgehead atoms. The lowest BCUT2D eigenvalue weighted by atomic mass is 10.1. The normalized spacial score (nSPS) is 10.1. The quantitative estimate of drug-likeness (QED) is 0.772. The highest BCUT2D eigenvalue weighted by atomic mass is 16.1. The van der Waals surface area contributed by atoms with Crippen LogP contribution in [0.25, 0.3) is 0 Å². The number of benzene rings is 1. The van der Waals surface area contributed by atoms with Crippen LogP contribution in [0.2, 0.25) is 0 Å². The number of carbonyl (C=O) groups excluding carboxylic acids is 1. The molecule has 0 aliphatic heterocycles. The van der Waals surface area contributed by atoms with Crippen molar-refractivity contribution in [3.63, 3.8) is 0 Å². The topological polar surface area (TPSA) is 29.1 Å². The van der Waals surface area contributed by atoms with Crippen molar-refractivity contribution < 1.29 is 4.79 Å². The first-order valence-electron chi connectivity index (χ1n) is 5.00. The highest BCUT2D eigenvalue weighted by Crippen LogP contribution is 2.02. The van der Waals surface area contributed by atoms with Crippen molar-refractivity contribution in [2.24, 2.45) is 0 Å². The zero-order valence-corrected chi connectivity index (χ0v) is 8.84. The highest BCUT2D eigenvalue weighted by molar-refractivity contribution is 5.80. The van der Waals surface area contributed by atoms with Crippen molar-refractivity contribution in [2.45, 2.75) is 26.8 Å². The summed E-state index contributed by atoms with van der Waals surface area (Å²) in [5.74, 6) is 0.261. The number of aryl methyl sites for hydroxylation is 1. The second-order valence-electron chi connectivity index (χ2n) is 3.48. The first-order valence-corrected chi connectivity index (χ1v) is 5.00. The summed E-state index contributed by atoms with van der Waals surface area (Å²) in [6.45, 7) is 5.20. The summed E-state index contributed by atoms with van der Waals surface area (Å²) in [5, 5.41) is 3.12. The van der Waals surface area contributed by atoms with E-state index in [2.05, 4.69) is 36.5 Å². The van der Waals surface area contributed by atoms with Gasteiger partial charge in [-0.15, -0.1) is 0 Å². The molecule has 1 aromatic carbocycles. The molecule has 0 atom stereocenters. The number of Topliss-reactive ketones (excluding diaryl/α,β-unsaturated/α-hetero) is 1. The molecule has 0 saturated carbocycles. The van der Waals surface area contributed by atoms with E-state index in [1.807, 2.05) is 6.92 Å². The Labute approximate surface area is 85.3 Å². The lowest BCUT2D eigenvalue weighted by Gasteiger charge is -2.03. The van der Waals surface area contributed by atoms with Crippen LogP contribution in [0.4, 0.5) is 0 Å². The second kappa shape index (κ2) is 5.55. The first-order chi connectivity index (χ1) is 6.72. The van der Waals surface area contributed by atoms with Crippen LogP contribution in [-0.2, 0) is 11.3 Å². The molecule has 2 heteroatoms. The largest absolute Gasteiger partial charge is 0.306 e. The predicted octanol–water partition coefficient (Wildman–Crippen LogP) is 2.06. The molecule has 0 aromatic heterocycles. The Hall–Kier alpha value is -1.15. The molecule has 1 aromatic rings. The molecule has 14 heavy (non-hydrogen) atoms. The first kappa shape index (κ1) is 10.9. The van der Waals surface area contributed by atoms with Crippen LogP contribution >= 0.6 is 0 Å². The van der Waals surface area contributed by atoms with E-state index < -0.39 is 0 Å². The van der Waals surface area contributed by atoms with Gasteiger partial charge in [0.15, 0.2) is 0 Å². The summed E-state index contributed by atoms with van der Waals surface area (Å²) in [4.78, 5) is 11.0. The summed E-state index contributed by atoms with van der Waals surface area (Å²) in [5.41, 5.74) is 2.48. The van der Waals surface area contributed by atoms with E-state index in [0.717, 1.165) is 6.54 Å². The maximum Gasteiger partial charge on any atom is 0.146 e. The van der Waals surface area contributed by atoms with Gasteiger partial charge in [0.1, 0.15) is 5.78 Å². The molecule has 0 fully saturated rings. The minimum atomic E-state index is 0.261. The van der Waals surface area contributed by atoms with Crippen LogP contribution in [0.1, 0.15) is 24.5 Å². The standard InChI is InChI=1S/C12H17NO/c1-3-12(14)9-13-8-11-6-4-10(2)5-7-11/h4-7,13H,3,8-9H2,1-2H3. The Bertz CT molecular complexity index is 290. The molecule has 0 radical (unpaired) electrons. The Morgan fingerprint density at radius 3 is 2.50 bits per heavy atom. The fourth-order valence-electron chi connectivity index (χ4n) is 1.18. The molecule has 0 spiro atoms. The Morgan fingerprint density at radius 1 is 1.29 bits per heavy atom. The van der Waals surface area contributed by atoms with E-state index in [4.69, 9.17) is 0 Å². The van der Waals surface area contributed by atoms with E-state index in [-0.39, 0.29) is 5.78 Å². The molecule has 0 saturated heterocycles. The summed E-state index contributed by atoms with van der Waals surface area (Å²) < 4.78 is 0. The zero-order valence-electron chi connectivity index (χ0n) is 8.84. The highest BCUT2D eigenvalue weighted by Gasteiger charge is 1.97. The maximum absolute atomic E-state index is 11.0. The molecule has 0 amide bonds. The molecular formula is C12H17NO. The minimum absolute atomic E-state index is 0.261. The van der Waals surface area contributed by atoms with Crippen LogP contribution in [0.15, 0.2) is 24.3 Å². The monoisotopic (exact) mass is 191 g/mol. The number of rotatable bonds is 5. The molecule has 0 aliphatic carbocycles. The third-order valence-electron chi connectivity index (χ3n) is 2.17. The number of ketones is 1. The van der Waals surface area contributed by atoms with Gasteiger partial charge in [-0.05, 0) is 12.5 Å². The second-order valence-corrected chi connectivity index (χ2v) is 3.48. The molecule has 0 heterocycles. The third-order valence-corrected chi connectivity index (χ3v) is 2.17. The predicted molar refractivity (Wildman–Crippen MR) is 58.2 cm³/mol. The van der Waals surface area contributed by atoms with Crippen LogP contribution in [0.3, 0.4) is 0 Å². The van der Waals surface area contributed by atoms with Crippen molar-refractivity contribution in [2.75, 3.05) is 6.54 Å². The van der Waals surface area contributed by atoms with Gasteiger partial charge in [-0.25, -0.2) is 0 Å². The van der Waals surface area contributed by atoms with E-state index in [0.29, 0.717) is 13.0 Å². The average molecular weight is 191 g/mol. The molecule has 0 aliphatic rings. The minimum Gasteiger partial charge on any atom is -0.306 e. The van der Waals surface area contributed by atoms with E-state index in [1.54, 1.807) is 0 Å². The lowest BCUT2D eigenvalue weighted by Crippen LogP contribution is -2.21. The SMILES string of the molecule is CCC(=O)CNCc1ccc(C)cc1. The number of hydrogen-bond acceptors (Lipinski definition) is 2. The van der Waals surface area contributed by atoms with Crippen LogP contribution in [-0.4, -0.2) is 12.3 Å². The molecule has 0 unspecified atom stereocenters. The Morgan fingerprint density at radius 2 is 1.93 bits per heavy atom. The van der Waals surface area contributed by atoms with Gasteiger partial charge in [-0.3, -0.25) is 4.79 Å². The van der Waals surface area contributed by atoms with Gasteiger partial charge in [0, 0.05) is 13.0 Å². The molecule has 1 rings (SSSR count). The number of nitrogens with one attached hydrogen (secondary N) is 1. The van der Waals surface area contributed by atoms with Gasteiger partial charge < -0.3 is 5.32 Å². The average Bonchev–Trinajstić information content (AvgIpc) is 2.21. The Balaban J connectivity index is 2.31. The molecule has 1 N–H and O–H groups in total. The van der Waals surface area contributed by atoms with Crippen molar-refractivity contribution in [3.8, 4) is 0 Å². The number of hydrogen-bond donors (Lipinski definition) is 1. The molecular weight excluding hydrogens is 174 g/mol. The molecule has 76 valence electrons.